The molecule has 14 heavy (non-hydrogen) atoms. The van der Waals surface area contributed by atoms with Gasteiger partial charge in [0.05, 0.1) is 17.7 Å². The third-order valence-corrected chi connectivity index (χ3v) is 1.96. The second-order valence-electron chi connectivity index (χ2n) is 3.28. The largest absolute Gasteiger partial charge is 0.389 e. The van der Waals surface area contributed by atoms with E-state index in [-0.39, 0.29) is 0 Å². The number of benzene rings is 1. The number of allylic oxidation sites excluding steroid dienone is 1. The Bertz CT molecular complexity index is 368. The second kappa shape index (κ2) is 4.59. The molecule has 1 rings (SSSR count). The number of aliphatic hydroxyl groups is 1. The van der Waals surface area contributed by atoms with Gasteiger partial charge in [-0.05, 0) is 37.1 Å². The van der Waals surface area contributed by atoms with Crippen molar-refractivity contribution in [3.63, 3.8) is 0 Å². The predicted molar refractivity (Wildman–Crippen MR) is 56.5 cm³/mol. The van der Waals surface area contributed by atoms with E-state index >= 15 is 0 Å². The van der Waals surface area contributed by atoms with Gasteiger partial charge in [-0.15, -0.1) is 0 Å². The predicted octanol–water partition coefficient (Wildman–Crippen LogP) is 2.34. The summed E-state index contributed by atoms with van der Waals surface area (Å²) in [5, 5.41) is 17.8. The fraction of sp³-hybridized carbons (Fsp3) is 0.250. The van der Waals surface area contributed by atoms with E-state index in [0.717, 1.165) is 11.1 Å². The van der Waals surface area contributed by atoms with Crippen molar-refractivity contribution in [3.8, 4) is 6.07 Å². The molecular weight excluding hydrogens is 174 g/mol. The molecule has 0 bridgehead atoms. The van der Waals surface area contributed by atoms with Crippen molar-refractivity contribution in [2.45, 2.75) is 20.0 Å². The van der Waals surface area contributed by atoms with Crippen LogP contribution in [-0.4, -0.2) is 11.2 Å². The number of nitriles is 1. The molecule has 0 spiro atoms. The van der Waals surface area contributed by atoms with E-state index in [1.807, 2.05) is 19.1 Å². The van der Waals surface area contributed by atoms with Crippen LogP contribution in [0.5, 0.6) is 0 Å². The Hall–Kier alpha value is -1.59. The van der Waals surface area contributed by atoms with E-state index in [0.29, 0.717) is 5.56 Å². The SMILES string of the molecule is C/C(=C/C(C)O)c1ccc(C#N)cc1. The monoisotopic (exact) mass is 187 g/mol. The van der Waals surface area contributed by atoms with Crippen molar-refractivity contribution in [1.82, 2.24) is 0 Å². The highest BCUT2D eigenvalue weighted by Crippen LogP contribution is 2.14. The first-order valence-electron chi connectivity index (χ1n) is 4.50. The Balaban J connectivity index is 2.93. The lowest BCUT2D eigenvalue weighted by molar-refractivity contribution is 0.244. The normalized spacial score (nSPS) is 13.4. The van der Waals surface area contributed by atoms with E-state index in [4.69, 9.17) is 10.4 Å². The molecule has 1 atom stereocenters. The first kappa shape index (κ1) is 10.5. The minimum Gasteiger partial charge on any atom is -0.389 e. The Morgan fingerprint density at radius 2 is 2.00 bits per heavy atom. The van der Waals surface area contributed by atoms with Crippen LogP contribution in [0, 0.1) is 11.3 Å². The summed E-state index contributed by atoms with van der Waals surface area (Å²) in [6, 6.07) is 9.37. The van der Waals surface area contributed by atoms with Crippen LogP contribution in [0.4, 0.5) is 0 Å². The highest BCUT2D eigenvalue weighted by Gasteiger charge is 1.97. The van der Waals surface area contributed by atoms with Gasteiger partial charge in [0.15, 0.2) is 0 Å². The van der Waals surface area contributed by atoms with E-state index in [1.165, 1.54) is 0 Å². The summed E-state index contributed by atoms with van der Waals surface area (Å²) < 4.78 is 0. The summed E-state index contributed by atoms with van der Waals surface area (Å²) in [6.45, 7) is 3.65. The lowest BCUT2D eigenvalue weighted by Gasteiger charge is -2.03. The summed E-state index contributed by atoms with van der Waals surface area (Å²) in [5.74, 6) is 0. The Kier molecular flexibility index (Phi) is 3.44. The molecule has 2 heteroatoms. The van der Waals surface area contributed by atoms with Gasteiger partial charge in [-0.2, -0.15) is 5.26 Å². The number of rotatable bonds is 2. The van der Waals surface area contributed by atoms with Gasteiger partial charge >= 0.3 is 0 Å². The minimum atomic E-state index is -0.439. The zero-order valence-electron chi connectivity index (χ0n) is 8.36. The van der Waals surface area contributed by atoms with Crippen molar-refractivity contribution in [1.29, 1.82) is 5.26 Å². The standard InChI is InChI=1S/C12H13NO/c1-9(7-10(2)14)12-5-3-11(8-13)4-6-12/h3-7,10,14H,1-2H3/b9-7-. The average molecular weight is 187 g/mol. The summed E-state index contributed by atoms with van der Waals surface area (Å²) in [7, 11) is 0. The second-order valence-corrected chi connectivity index (χ2v) is 3.28. The maximum Gasteiger partial charge on any atom is 0.0991 e. The lowest BCUT2D eigenvalue weighted by atomic mass is 10.0. The smallest absolute Gasteiger partial charge is 0.0991 e. The molecule has 2 nitrogen and oxygen atoms in total. The molecular formula is C12H13NO. The highest BCUT2D eigenvalue weighted by atomic mass is 16.3. The van der Waals surface area contributed by atoms with E-state index < -0.39 is 6.10 Å². The summed E-state index contributed by atoms with van der Waals surface area (Å²) in [6.07, 6.45) is 1.34. The topological polar surface area (TPSA) is 44.0 Å². The first-order chi connectivity index (χ1) is 6.63. The molecule has 0 radical (unpaired) electrons. The number of hydrogen-bond donors (Lipinski definition) is 1. The van der Waals surface area contributed by atoms with E-state index in [2.05, 4.69) is 6.07 Å². The van der Waals surface area contributed by atoms with Gasteiger partial charge in [-0.25, -0.2) is 0 Å². The molecule has 1 N–H and O–H groups in total. The Morgan fingerprint density at radius 1 is 1.43 bits per heavy atom. The van der Waals surface area contributed by atoms with Crippen molar-refractivity contribution in [2.75, 3.05) is 0 Å². The molecule has 0 amide bonds. The van der Waals surface area contributed by atoms with Crippen LogP contribution >= 0.6 is 0 Å². The fourth-order valence-corrected chi connectivity index (χ4v) is 1.27. The molecule has 0 saturated carbocycles. The minimum absolute atomic E-state index is 0.439. The van der Waals surface area contributed by atoms with Crippen LogP contribution in [0.25, 0.3) is 5.57 Å². The molecule has 1 aromatic rings. The lowest BCUT2D eigenvalue weighted by Crippen LogP contribution is -1.94. The first-order valence-corrected chi connectivity index (χ1v) is 4.50. The van der Waals surface area contributed by atoms with E-state index in [9.17, 15) is 0 Å². The van der Waals surface area contributed by atoms with Crippen LogP contribution in [0.3, 0.4) is 0 Å². The maximum absolute atomic E-state index is 9.16. The van der Waals surface area contributed by atoms with Crippen LogP contribution in [0.15, 0.2) is 30.3 Å². The Labute approximate surface area is 84.1 Å². The fourth-order valence-electron chi connectivity index (χ4n) is 1.27. The molecule has 0 aliphatic heterocycles. The van der Waals surface area contributed by atoms with Crippen molar-refractivity contribution >= 4 is 5.57 Å². The van der Waals surface area contributed by atoms with Gasteiger partial charge in [0.1, 0.15) is 0 Å². The van der Waals surface area contributed by atoms with Gasteiger partial charge in [0, 0.05) is 0 Å². The summed E-state index contributed by atoms with van der Waals surface area (Å²) >= 11 is 0. The van der Waals surface area contributed by atoms with Crippen LogP contribution in [-0.2, 0) is 0 Å². The zero-order chi connectivity index (χ0) is 10.6. The third-order valence-electron chi connectivity index (χ3n) is 1.96. The molecule has 1 aromatic carbocycles. The number of hydrogen-bond acceptors (Lipinski definition) is 2. The molecule has 0 heterocycles. The molecule has 0 aromatic heterocycles. The highest BCUT2D eigenvalue weighted by molar-refractivity contribution is 5.64. The van der Waals surface area contributed by atoms with Crippen LogP contribution in [0.1, 0.15) is 25.0 Å². The number of nitrogens with zero attached hydrogens (tertiary/aromatic N) is 1. The van der Waals surface area contributed by atoms with E-state index in [1.54, 1.807) is 25.1 Å². The third kappa shape index (κ3) is 2.72. The Morgan fingerprint density at radius 3 is 2.43 bits per heavy atom. The molecule has 1 unspecified atom stereocenters. The van der Waals surface area contributed by atoms with Crippen molar-refractivity contribution < 1.29 is 5.11 Å². The zero-order valence-corrected chi connectivity index (χ0v) is 8.36. The summed E-state index contributed by atoms with van der Waals surface area (Å²) in [5.41, 5.74) is 2.70. The van der Waals surface area contributed by atoms with Crippen molar-refractivity contribution in [3.05, 3.63) is 41.5 Å². The van der Waals surface area contributed by atoms with Crippen molar-refractivity contribution in [2.24, 2.45) is 0 Å². The molecule has 72 valence electrons. The van der Waals surface area contributed by atoms with Gasteiger partial charge in [-0.3, -0.25) is 0 Å². The van der Waals surface area contributed by atoms with Gasteiger partial charge in [-0.1, -0.05) is 18.2 Å². The molecule has 0 aliphatic rings. The maximum atomic E-state index is 9.16. The molecule has 0 fully saturated rings. The number of aliphatic hydroxyl groups excluding tert-OH is 1. The van der Waals surface area contributed by atoms with Gasteiger partial charge < -0.3 is 5.11 Å². The molecule has 0 aliphatic carbocycles. The van der Waals surface area contributed by atoms with Gasteiger partial charge in [0.2, 0.25) is 0 Å². The summed E-state index contributed by atoms with van der Waals surface area (Å²) in [4.78, 5) is 0. The quantitative estimate of drug-likeness (QED) is 0.772. The molecule has 0 saturated heterocycles. The average Bonchev–Trinajstić information content (AvgIpc) is 2.17. The van der Waals surface area contributed by atoms with Gasteiger partial charge in [0.25, 0.3) is 0 Å². The van der Waals surface area contributed by atoms with Crippen LogP contribution < -0.4 is 0 Å². The van der Waals surface area contributed by atoms with Crippen LogP contribution in [0.2, 0.25) is 0 Å².